The van der Waals surface area contributed by atoms with E-state index >= 15 is 0 Å². The van der Waals surface area contributed by atoms with Crippen molar-refractivity contribution in [3.05, 3.63) is 82.3 Å². The van der Waals surface area contributed by atoms with Gasteiger partial charge in [-0.25, -0.2) is 9.78 Å². The maximum Gasteiger partial charge on any atom is 0.193 e. The number of nitrogens with one attached hydrogen (secondary N) is 1. The molecule has 5 aliphatic heterocycles. The van der Waals surface area contributed by atoms with Gasteiger partial charge >= 0.3 is 0 Å². The molecule has 0 radical (unpaired) electrons. The number of aliphatic imine (C=N–C) groups is 2. The van der Waals surface area contributed by atoms with Gasteiger partial charge in [0.05, 0.1) is 42.5 Å². The zero-order chi connectivity index (χ0) is 36.1. The van der Waals surface area contributed by atoms with Gasteiger partial charge in [0.1, 0.15) is 53.7 Å². The number of hydrogen-bond acceptors (Lipinski definition) is 15. The average Bonchev–Trinajstić information content (AvgIpc) is 3.90. The van der Waals surface area contributed by atoms with Crippen LogP contribution in [0.5, 0.6) is 5.75 Å². The molecule has 0 saturated heterocycles. The van der Waals surface area contributed by atoms with E-state index in [0.717, 1.165) is 17.0 Å². The molecule has 15 heteroatoms. The molecule has 1 unspecified atom stereocenters. The summed E-state index contributed by atoms with van der Waals surface area (Å²) < 4.78 is 13.0. The topological polar surface area (TPSA) is 202 Å². The van der Waals surface area contributed by atoms with Crippen LogP contribution in [0.15, 0.2) is 79.9 Å². The molecule has 1 aromatic carbocycles. The molecule has 0 amide bonds. The Kier molecular flexibility index (Phi) is 9.49. The smallest absolute Gasteiger partial charge is 0.193 e. The molecular weight excluding hydrogens is 662 g/mol. The number of β-amino-alcohol motifs (C(OH)–C–C–N with tert-alkyl or cyclic N) is 1. The van der Waals surface area contributed by atoms with Crippen molar-refractivity contribution < 1.29 is 44.5 Å². The van der Waals surface area contributed by atoms with Crippen molar-refractivity contribution in [2.45, 2.75) is 68.3 Å². The van der Waals surface area contributed by atoms with E-state index in [2.05, 4.69) is 15.3 Å². The van der Waals surface area contributed by atoms with E-state index in [4.69, 9.17) is 18.9 Å². The standard InChI is InChI=1S/C36H43N5O10/c1-20-12-27(43)23-13-22-14-30(35(2,7-10-37-3)50-32(22)31(33(23)49-20)41-15-21-4-8-39-25(21)16-41)51-48-18-29(45)36(47,34(46)28(44)17-42)19-40-11-6-24-26(40)5-9-38-24/h4-6,8-9,11-13,15,26,28-30,34,37,42,44-47H,7,10,14,16-19H2,1-3H3/t26?,28-,29+,30-,34-,35+,36-/m1/s1. The molecule has 7 rings (SSSR count). The molecule has 6 N–H and O–H groups in total. The summed E-state index contributed by atoms with van der Waals surface area (Å²) in [4.78, 5) is 37.3. The highest BCUT2D eigenvalue weighted by Crippen LogP contribution is 2.47. The highest BCUT2D eigenvalue weighted by atomic mass is 17.2. The molecule has 0 bridgehead atoms. The van der Waals surface area contributed by atoms with Crippen molar-refractivity contribution >= 4 is 28.1 Å². The van der Waals surface area contributed by atoms with Gasteiger partial charge in [0.25, 0.3) is 0 Å². The van der Waals surface area contributed by atoms with Crippen LogP contribution in [-0.2, 0) is 16.2 Å². The number of aliphatic hydroxyl groups excluding tert-OH is 4. The first-order valence-corrected chi connectivity index (χ1v) is 17.0. The van der Waals surface area contributed by atoms with Crippen LogP contribution in [0.1, 0.15) is 24.7 Å². The number of ether oxygens (including phenoxy) is 1. The molecule has 51 heavy (non-hydrogen) atoms. The van der Waals surface area contributed by atoms with Gasteiger partial charge in [-0.3, -0.25) is 14.8 Å². The van der Waals surface area contributed by atoms with Gasteiger partial charge in [-0.15, -0.1) is 0 Å². The molecule has 2 aromatic rings. The average molecular weight is 706 g/mol. The predicted octanol–water partition coefficient (Wildman–Crippen LogP) is 0.366. The number of allylic oxidation sites excluding steroid dienone is 1. The maximum absolute atomic E-state index is 13.3. The molecule has 0 spiro atoms. The molecule has 15 nitrogen and oxygen atoms in total. The monoisotopic (exact) mass is 705 g/mol. The SMILES string of the molecule is CNCC[C@]1(C)Oc2c(cc3c(=O)cc(C)oc3c2N2C=C3C=CN=C3C2)C[C@H]1OOC[C@H](O)[C@](O)(CN1C=CC2=NC=CC21)[C@H](O)[C@H](O)CO. The minimum atomic E-state index is -2.37. The van der Waals surface area contributed by atoms with Gasteiger partial charge in [0.2, 0.25) is 0 Å². The Hall–Kier alpha value is -4.19. The zero-order valence-electron chi connectivity index (χ0n) is 28.6. The fourth-order valence-corrected chi connectivity index (χ4v) is 7.21. The third-order valence-electron chi connectivity index (χ3n) is 10.2. The molecule has 0 saturated carbocycles. The molecule has 0 aliphatic carbocycles. The Morgan fingerprint density at radius 1 is 1.20 bits per heavy atom. The largest absolute Gasteiger partial charge is 0.482 e. The number of anilines is 1. The van der Waals surface area contributed by atoms with E-state index in [1.54, 1.807) is 48.6 Å². The van der Waals surface area contributed by atoms with Crippen molar-refractivity contribution in [3.8, 4) is 5.75 Å². The van der Waals surface area contributed by atoms with Crippen LogP contribution in [0.2, 0.25) is 0 Å². The van der Waals surface area contributed by atoms with Crippen LogP contribution in [0, 0.1) is 6.92 Å². The number of benzene rings is 1. The van der Waals surface area contributed by atoms with E-state index in [1.165, 1.54) is 6.07 Å². The molecular formula is C36H43N5O10. The number of hydrogen-bond donors (Lipinski definition) is 6. The van der Waals surface area contributed by atoms with Crippen molar-refractivity contribution in [1.29, 1.82) is 0 Å². The summed E-state index contributed by atoms with van der Waals surface area (Å²) in [5.74, 6) is 1.000. The first-order valence-electron chi connectivity index (χ1n) is 17.0. The lowest BCUT2D eigenvalue weighted by Crippen LogP contribution is -2.64. The van der Waals surface area contributed by atoms with Crippen LogP contribution in [0.3, 0.4) is 0 Å². The summed E-state index contributed by atoms with van der Waals surface area (Å²) in [6, 6.07) is 2.87. The predicted molar refractivity (Wildman–Crippen MR) is 188 cm³/mol. The number of aryl methyl sites for hydroxylation is 1. The lowest BCUT2D eigenvalue weighted by Gasteiger charge is -2.43. The van der Waals surface area contributed by atoms with Crippen LogP contribution in [0.4, 0.5) is 5.69 Å². The van der Waals surface area contributed by atoms with Gasteiger partial charge in [-0.1, -0.05) is 0 Å². The van der Waals surface area contributed by atoms with Crippen LogP contribution < -0.4 is 20.4 Å². The van der Waals surface area contributed by atoms with Crippen LogP contribution >= 0.6 is 0 Å². The van der Waals surface area contributed by atoms with Crippen LogP contribution in [-0.4, -0.2) is 123 Å². The number of aliphatic hydroxyl groups is 5. The second-order valence-corrected chi connectivity index (χ2v) is 13.8. The van der Waals surface area contributed by atoms with Crippen molar-refractivity contribution in [3.63, 3.8) is 0 Å². The second-order valence-electron chi connectivity index (χ2n) is 13.8. The normalized spacial score (nSPS) is 26.0. The first-order chi connectivity index (χ1) is 24.5. The fourth-order valence-electron chi connectivity index (χ4n) is 7.21. The summed E-state index contributed by atoms with van der Waals surface area (Å²) >= 11 is 0. The number of fused-ring (bicyclic) bond motifs is 4. The van der Waals surface area contributed by atoms with E-state index < -0.39 is 48.8 Å². The number of nitrogens with zero attached hydrogens (tertiary/aromatic N) is 4. The van der Waals surface area contributed by atoms with Gasteiger partial charge in [0, 0.05) is 54.8 Å². The molecule has 0 fully saturated rings. The van der Waals surface area contributed by atoms with E-state index in [0.29, 0.717) is 53.2 Å². The van der Waals surface area contributed by atoms with Crippen molar-refractivity contribution in [1.82, 2.24) is 10.2 Å². The summed E-state index contributed by atoms with van der Waals surface area (Å²) in [6.45, 7) is 2.83. The van der Waals surface area contributed by atoms with E-state index in [1.807, 2.05) is 31.1 Å². The Morgan fingerprint density at radius 3 is 2.78 bits per heavy atom. The highest BCUT2D eigenvalue weighted by Gasteiger charge is 2.50. The molecule has 1 aromatic heterocycles. The fraction of sp³-hybridized carbons (Fsp3) is 0.472. The van der Waals surface area contributed by atoms with Crippen LogP contribution in [0.25, 0.3) is 11.0 Å². The molecule has 272 valence electrons. The van der Waals surface area contributed by atoms with Crippen molar-refractivity contribution in [2.75, 3.05) is 44.8 Å². The van der Waals surface area contributed by atoms with E-state index in [9.17, 15) is 30.3 Å². The van der Waals surface area contributed by atoms with Gasteiger partial charge in [-0.2, -0.15) is 0 Å². The second kappa shape index (κ2) is 13.7. The van der Waals surface area contributed by atoms with Crippen molar-refractivity contribution in [2.24, 2.45) is 9.98 Å². The summed E-state index contributed by atoms with van der Waals surface area (Å²) in [5, 5.41) is 57.4. The maximum atomic E-state index is 13.3. The van der Waals surface area contributed by atoms with E-state index in [-0.39, 0.29) is 24.4 Å². The summed E-state index contributed by atoms with van der Waals surface area (Å²) in [7, 11) is 1.82. The van der Waals surface area contributed by atoms with Gasteiger partial charge < -0.3 is 49.8 Å². The Morgan fingerprint density at radius 2 is 2.02 bits per heavy atom. The summed E-state index contributed by atoms with van der Waals surface area (Å²) in [5.41, 5.74) is 0.693. The Balaban J connectivity index is 1.16. The zero-order valence-corrected chi connectivity index (χ0v) is 28.6. The van der Waals surface area contributed by atoms with Gasteiger partial charge in [-0.05, 0) is 51.7 Å². The highest BCUT2D eigenvalue weighted by molar-refractivity contribution is 6.12. The molecule has 6 heterocycles. The van der Waals surface area contributed by atoms with Gasteiger partial charge in [0.15, 0.2) is 16.8 Å². The quantitative estimate of drug-likeness (QED) is 0.116. The lowest BCUT2D eigenvalue weighted by atomic mass is 9.85. The number of rotatable bonds is 14. The first kappa shape index (κ1) is 35.2. The minimum absolute atomic E-state index is 0.204. The molecule has 7 atom stereocenters. The molecule has 5 aliphatic rings. The third-order valence-corrected chi connectivity index (χ3v) is 10.2. The Bertz CT molecular complexity index is 1940. The third kappa shape index (κ3) is 6.33. The summed E-state index contributed by atoms with van der Waals surface area (Å²) in [6.07, 6.45) is 6.93. The lowest BCUT2D eigenvalue weighted by molar-refractivity contribution is -0.364. The Labute approximate surface area is 293 Å². The minimum Gasteiger partial charge on any atom is -0.482 e.